The molecule has 1 heterocycles. The number of alkyl halides is 3. The number of ether oxygens (including phenoxy) is 2. The van der Waals surface area contributed by atoms with Crippen molar-refractivity contribution in [3.8, 4) is 28.4 Å². The Hall–Kier alpha value is -3.74. The molecule has 4 rings (SSSR count). The van der Waals surface area contributed by atoms with Crippen LogP contribution in [0.3, 0.4) is 0 Å². The highest BCUT2D eigenvalue weighted by Gasteiger charge is 2.40. The lowest BCUT2D eigenvalue weighted by atomic mass is 10.1. The highest BCUT2D eigenvalue weighted by atomic mass is 19.4. The van der Waals surface area contributed by atoms with E-state index in [1.54, 1.807) is 12.1 Å². The summed E-state index contributed by atoms with van der Waals surface area (Å²) in [4.78, 5) is 13.0. The standard InChI is InChI=1S/C27H23F3O4/c1-2-3-7-16-32-21-14-15-22-23(17-21)34-26(27(28,29)30)25(24(22)31)33-20-12-10-19(11-13-20)18-8-5-4-6-9-18/h4-6,8-15,17H,2-3,7,16H2,1H3. The van der Waals surface area contributed by atoms with Crippen molar-refractivity contribution in [3.05, 3.63) is 88.8 Å². The fourth-order valence-corrected chi connectivity index (χ4v) is 3.53. The first-order chi connectivity index (χ1) is 16.4. The van der Waals surface area contributed by atoms with Gasteiger partial charge in [-0.05, 0) is 41.8 Å². The van der Waals surface area contributed by atoms with E-state index in [4.69, 9.17) is 13.9 Å². The van der Waals surface area contributed by atoms with Crippen LogP contribution in [0.1, 0.15) is 31.9 Å². The third kappa shape index (κ3) is 5.25. The Kier molecular flexibility index (Phi) is 6.91. The monoisotopic (exact) mass is 468 g/mol. The molecule has 0 fully saturated rings. The molecule has 4 aromatic rings. The average Bonchev–Trinajstić information content (AvgIpc) is 2.84. The third-order valence-electron chi connectivity index (χ3n) is 5.28. The molecule has 0 N–H and O–H groups in total. The maximum atomic E-state index is 13.8. The van der Waals surface area contributed by atoms with Gasteiger partial charge in [-0.15, -0.1) is 0 Å². The van der Waals surface area contributed by atoms with Crippen LogP contribution in [0.2, 0.25) is 0 Å². The number of fused-ring (bicyclic) bond motifs is 1. The van der Waals surface area contributed by atoms with Crippen molar-refractivity contribution in [2.75, 3.05) is 6.61 Å². The summed E-state index contributed by atoms with van der Waals surface area (Å²) in [5, 5.41) is -0.0233. The SMILES string of the molecule is CCCCCOc1ccc2c(=O)c(Oc3ccc(-c4ccccc4)cc3)c(C(F)(F)F)oc2c1. The van der Waals surface area contributed by atoms with Crippen LogP contribution in [-0.4, -0.2) is 6.61 Å². The molecule has 0 saturated heterocycles. The van der Waals surface area contributed by atoms with E-state index in [0.717, 1.165) is 30.4 Å². The number of rotatable bonds is 8. The second kappa shape index (κ2) is 10.0. The van der Waals surface area contributed by atoms with Crippen LogP contribution in [0, 0.1) is 0 Å². The largest absolute Gasteiger partial charge is 0.493 e. The lowest BCUT2D eigenvalue weighted by Gasteiger charge is -2.14. The van der Waals surface area contributed by atoms with Gasteiger partial charge in [0.15, 0.2) is 0 Å². The normalized spacial score (nSPS) is 11.5. The van der Waals surface area contributed by atoms with Crippen LogP contribution in [-0.2, 0) is 6.18 Å². The van der Waals surface area contributed by atoms with Crippen LogP contribution in [0.25, 0.3) is 22.1 Å². The summed E-state index contributed by atoms with van der Waals surface area (Å²) in [6.07, 6.45) is -2.11. The number of hydrogen-bond acceptors (Lipinski definition) is 4. The Bertz CT molecular complexity index is 1310. The number of halogens is 3. The summed E-state index contributed by atoms with van der Waals surface area (Å²) in [5.41, 5.74) is 0.694. The first kappa shape index (κ1) is 23.4. The van der Waals surface area contributed by atoms with E-state index in [1.165, 1.54) is 30.3 Å². The lowest BCUT2D eigenvalue weighted by molar-refractivity contribution is -0.154. The van der Waals surface area contributed by atoms with Gasteiger partial charge >= 0.3 is 6.18 Å². The topological polar surface area (TPSA) is 48.7 Å². The van der Waals surface area contributed by atoms with Gasteiger partial charge in [0, 0.05) is 6.07 Å². The first-order valence-corrected chi connectivity index (χ1v) is 11.0. The maximum Gasteiger partial charge on any atom is 0.453 e. The maximum absolute atomic E-state index is 13.8. The van der Waals surface area contributed by atoms with Crippen molar-refractivity contribution in [2.24, 2.45) is 0 Å². The second-order valence-corrected chi connectivity index (χ2v) is 7.79. The summed E-state index contributed by atoms with van der Waals surface area (Å²) in [6, 6.07) is 20.2. The van der Waals surface area contributed by atoms with Crippen molar-refractivity contribution in [3.63, 3.8) is 0 Å². The molecular formula is C27H23F3O4. The quantitative estimate of drug-likeness (QED) is 0.247. The van der Waals surface area contributed by atoms with Gasteiger partial charge in [-0.1, -0.05) is 62.2 Å². The van der Waals surface area contributed by atoms with Crippen molar-refractivity contribution in [1.29, 1.82) is 0 Å². The molecule has 0 unspecified atom stereocenters. The molecule has 34 heavy (non-hydrogen) atoms. The minimum Gasteiger partial charge on any atom is -0.493 e. The van der Waals surface area contributed by atoms with Gasteiger partial charge in [0.1, 0.15) is 17.1 Å². The van der Waals surface area contributed by atoms with Crippen molar-refractivity contribution < 1.29 is 27.1 Å². The van der Waals surface area contributed by atoms with Gasteiger partial charge < -0.3 is 13.9 Å². The van der Waals surface area contributed by atoms with E-state index in [2.05, 4.69) is 6.92 Å². The highest BCUT2D eigenvalue weighted by Crippen LogP contribution is 2.39. The number of hydrogen-bond donors (Lipinski definition) is 0. The lowest BCUT2D eigenvalue weighted by Crippen LogP contribution is -2.15. The predicted octanol–water partition coefficient (Wildman–Crippen LogP) is 7.84. The number of benzene rings is 3. The van der Waals surface area contributed by atoms with Crippen molar-refractivity contribution in [2.45, 2.75) is 32.4 Å². The Morgan fingerprint density at radius 1 is 0.853 bits per heavy atom. The van der Waals surface area contributed by atoms with E-state index in [0.29, 0.717) is 12.4 Å². The van der Waals surface area contributed by atoms with Crippen LogP contribution < -0.4 is 14.9 Å². The predicted molar refractivity (Wildman–Crippen MR) is 124 cm³/mol. The molecule has 0 aliphatic carbocycles. The molecule has 0 saturated carbocycles. The van der Waals surface area contributed by atoms with Crippen LogP contribution in [0.15, 0.2) is 82.0 Å². The molecule has 0 spiro atoms. The van der Waals surface area contributed by atoms with Gasteiger partial charge in [0.25, 0.3) is 5.76 Å². The molecular weight excluding hydrogens is 445 g/mol. The molecule has 0 aliphatic heterocycles. The number of unbranched alkanes of at least 4 members (excludes halogenated alkanes) is 2. The molecule has 0 radical (unpaired) electrons. The molecule has 0 aliphatic rings. The van der Waals surface area contributed by atoms with Crippen molar-refractivity contribution in [1.82, 2.24) is 0 Å². The fraction of sp³-hybridized carbons (Fsp3) is 0.222. The van der Waals surface area contributed by atoms with Crippen molar-refractivity contribution >= 4 is 11.0 Å². The van der Waals surface area contributed by atoms with Crippen LogP contribution in [0.5, 0.6) is 17.2 Å². The molecule has 0 bridgehead atoms. The zero-order chi connectivity index (χ0) is 24.1. The van der Waals surface area contributed by atoms with Gasteiger partial charge in [0.2, 0.25) is 11.2 Å². The highest BCUT2D eigenvalue weighted by molar-refractivity contribution is 5.80. The zero-order valence-electron chi connectivity index (χ0n) is 18.5. The van der Waals surface area contributed by atoms with Gasteiger partial charge in [-0.3, -0.25) is 4.79 Å². The van der Waals surface area contributed by atoms with Gasteiger partial charge in [-0.25, -0.2) is 0 Å². The first-order valence-electron chi connectivity index (χ1n) is 11.0. The van der Waals surface area contributed by atoms with E-state index in [-0.39, 0.29) is 16.7 Å². The zero-order valence-corrected chi connectivity index (χ0v) is 18.5. The summed E-state index contributed by atoms with van der Waals surface area (Å²) in [7, 11) is 0. The average molecular weight is 468 g/mol. The minimum atomic E-state index is -4.93. The van der Waals surface area contributed by atoms with E-state index in [1.807, 2.05) is 30.3 Å². The summed E-state index contributed by atoms with van der Waals surface area (Å²) in [5.74, 6) is -1.96. The molecule has 0 atom stereocenters. The van der Waals surface area contributed by atoms with Crippen LogP contribution >= 0.6 is 0 Å². The summed E-state index contributed by atoms with van der Waals surface area (Å²) in [6.45, 7) is 2.48. The Morgan fingerprint density at radius 2 is 1.53 bits per heavy atom. The summed E-state index contributed by atoms with van der Waals surface area (Å²) >= 11 is 0. The summed E-state index contributed by atoms with van der Waals surface area (Å²) < 4.78 is 57.5. The fourth-order valence-electron chi connectivity index (χ4n) is 3.53. The van der Waals surface area contributed by atoms with E-state index >= 15 is 0 Å². The molecule has 1 aromatic heterocycles. The molecule has 3 aromatic carbocycles. The minimum absolute atomic E-state index is 0.0233. The molecule has 176 valence electrons. The Morgan fingerprint density at radius 3 is 2.21 bits per heavy atom. The van der Waals surface area contributed by atoms with E-state index < -0.39 is 23.1 Å². The van der Waals surface area contributed by atoms with Gasteiger partial charge in [0.05, 0.1) is 12.0 Å². The Labute approximate surface area is 194 Å². The van der Waals surface area contributed by atoms with Gasteiger partial charge in [-0.2, -0.15) is 13.2 Å². The third-order valence-corrected chi connectivity index (χ3v) is 5.28. The molecule has 7 heteroatoms. The molecule has 0 amide bonds. The smallest absolute Gasteiger partial charge is 0.453 e. The second-order valence-electron chi connectivity index (χ2n) is 7.79. The molecule has 4 nitrogen and oxygen atoms in total. The Balaban J connectivity index is 1.67. The van der Waals surface area contributed by atoms with E-state index in [9.17, 15) is 18.0 Å². The van der Waals surface area contributed by atoms with Crippen LogP contribution in [0.4, 0.5) is 13.2 Å².